The molecule has 2 aromatic rings. The monoisotopic (exact) mass is 468 g/mol. The van der Waals surface area contributed by atoms with Gasteiger partial charge in [0.25, 0.3) is 11.8 Å². The van der Waals surface area contributed by atoms with Gasteiger partial charge in [-0.05, 0) is 63.6 Å². The van der Waals surface area contributed by atoms with E-state index in [1.165, 1.54) is 16.9 Å². The van der Waals surface area contributed by atoms with Gasteiger partial charge in [-0.2, -0.15) is 0 Å². The number of ether oxygens (including phenoxy) is 3. The van der Waals surface area contributed by atoms with Crippen LogP contribution in [-0.4, -0.2) is 61.2 Å². The third-order valence-electron chi connectivity index (χ3n) is 4.95. The lowest BCUT2D eigenvalue weighted by molar-refractivity contribution is -0.139. The van der Waals surface area contributed by atoms with Gasteiger partial charge in [0.1, 0.15) is 17.9 Å². The lowest BCUT2D eigenvalue weighted by Gasteiger charge is -2.26. The molecule has 0 N–H and O–H groups in total. The van der Waals surface area contributed by atoms with Crippen molar-refractivity contribution in [3.63, 3.8) is 0 Å². The molecule has 0 aromatic heterocycles. The van der Waals surface area contributed by atoms with Crippen molar-refractivity contribution in [2.75, 3.05) is 31.7 Å². The molecule has 180 valence electrons. The predicted molar refractivity (Wildman–Crippen MR) is 124 cm³/mol. The molecular weight excluding hydrogens is 440 g/mol. The van der Waals surface area contributed by atoms with Crippen molar-refractivity contribution < 1.29 is 33.4 Å². The molecule has 2 aromatic carbocycles. The van der Waals surface area contributed by atoms with Crippen molar-refractivity contribution in [2.45, 2.75) is 32.8 Å². The van der Waals surface area contributed by atoms with Crippen LogP contribution in [0.25, 0.3) is 0 Å². The Balaban J connectivity index is 1.56. The number of carbonyl (C=O) groups is 4. The smallest absolute Gasteiger partial charge is 0.415 e. The van der Waals surface area contributed by atoms with Crippen molar-refractivity contribution >= 4 is 29.6 Å². The van der Waals surface area contributed by atoms with E-state index in [2.05, 4.69) is 4.74 Å². The first-order valence-corrected chi connectivity index (χ1v) is 10.9. The highest BCUT2D eigenvalue weighted by molar-refractivity contribution is 6.21. The number of fused-ring (bicyclic) bond motifs is 1. The highest BCUT2D eigenvalue weighted by Gasteiger charge is 2.34. The number of esters is 1. The number of hydrogen-bond acceptors (Lipinski definition) is 7. The van der Waals surface area contributed by atoms with Crippen LogP contribution in [0.2, 0.25) is 0 Å². The Bertz CT molecular complexity index is 1040. The highest BCUT2D eigenvalue weighted by atomic mass is 16.6. The summed E-state index contributed by atoms with van der Waals surface area (Å²) in [5.41, 5.74) is 0.558. The Morgan fingerprint density at radius 2 is 1.53 bits per heavy atom. The fourth-order valence-electron chi connectivity index (χ4n) is 3.35. The summed E-state index contributed by atoms with van der Waals surface area (Å²) in [5, 5.41) is 0. The molecule has 0 unspecified atom stereocenters. The number of carbonyl (C=O) groups excluding carboxylic acids is 4. The Labute approximate surface area is 198 Å². The molecule has 0 radical (unpaired) electrons. The normalized spacial score (nSPS) is 12.9. The number of rotatable bonds is 8. The van der Waals surface area contributed by atoms with Crippen LogP contribution in [0.15, 0.2) is 48.5 Å². The standard InChI is InChI=1S/C25H28N2O7/c1-25(2,3)34-24(31)27(16-21(28)32-4)17-10-12-18(13-11-17)33-15-7-14-26-22(29)19-8-5-6-9-20(19)23(26)30/h5-6,8-13H,7,14-16H2,1-4H3. The molecule has 9 nitrogen and oxygen atoms in total. The van der Waals surface area contributed by atoms with Crippen LogP contribution >= 0.6 is 0 Å². The zero-order valence-electron chi connectivity index (χ0n) is 19.7. The van der Waals surface area contributed by atoms with Crippen LogP contribution in [0.5, 0.6) is 5.75 Å². The average Bonchev–Trinajstić information content (AvgIpc) is 3.04. The lowest BCUT2D eigenvalue weighted by atomic mass is 10.1. The number of imide groups is 1. The van der Waals surface area contributed by atoms with E-state index in [0.717, 1.165) is 0 Å². The Morgan fingerprint density at radius 1 is 0.941 bits per heavy atom. The minimum Gasteiger partial charge on any atom is -0.494 e. The topological polar surface area (TPSA) is 102 Å². The zero-order valence-corrected chi connectivity index (χ0v) is 19.7. The number of anilines is 1. The zero-order chi connectivity index (χ0) is 24.9. The molecule has 9 heteroatoms. The van der Waals surface area contributed by atoms with Gasteiger partial charge in [-0.1, -0.05) is 12.1 Å². The largest absolute Gasteiger partial charge is 0.494 e. The van der Waals surface area contributed by atoms with Crippen molar-refractivity contribution in [3.8, 4) is 5.75 Å². The maximum absolute atomic E-state index is 12.6. The van der Waals surface area contributed by atoms with Gasteiger partial charge >= 0.3 is 12.1 Å². The summed E-state index contributed by atoms with van der Waals surface area (Å²) in [5.74, 6) is -0.636. The van der Waals surface area contributed by atoms with Gasteiger partial charge in [-0.15, -0.1) is 0 Å². The molecule has 0 spiro atoms. The van der Waals surface area contributed by atoms with Crippen LogP contribution in [0.3, 0.4) is 0 Å². The molecule has 0 saturated heterocycles. The molecule has 0 fully saturated rings. The molecule has 0 saturated carbocycles. The van der Waals surface area contributed by atoms with Crippen molar-refractivity contribution in [1.82, 2.24) is 4.90 Å². The van der Waals surface area contributed by atoms with E-state index < -0.39 is 17.7 Å². The summed E-state index contributed by atoms with van der Waals surface area (Å²) in [6.07, 6.45) is -0.216. The van der Waals surface area contributed by atoms with Crippen LogP contribution in [0.4, 0.5) is 10.5 Å². The number of amides is 3. The molecule has 1 aliphatic rings. The molecule has 3 rings (SSSR count). The molecule has 0 aliphatic carbocycles. The quantitative estimate of drug-likeness (QED) is 0.331. The summed E-state index contributed by atoms with van der Waals surface area (Å²) in [6.45, 7) is 5.44. The maximum atomic E-state index is 12.6. The number of hydrogen-bond donors (Lipinski definition) is 0. The molecule has 1 heterocycles. The van der Waals surface area contributed by atoms with Gasteiger partial charge in [0.05, 0.1) is 24.8 Å². The Hall–Kier alpha value is -3.88. The van der Waals surface area contributed by atoms with E-state index in [1.54, 1.807) is 69.3 Å². The van der Waals surface area contributed by atoms with E-state index in [1.807, 2.05) is 0 Å². The van der Waals surface area contributed by atoms with Gasteiger partial charge in [0, 0.05) is 12.2 Å². The summed E-state index contributed by atoms with van der Waals surface area (Å²) >= 11 is 0. The number of nitrogens with zero attached hydrogens (tertiary/aromatic N) is 2. The molecule has 0 bridgehead atoms. The Morgan fingerprint density at radius 3 is 2.06 bits per heavy atom. The van der Waals surface area contributed by atoms with E-state index in [9.17, 15) is 19.2 Å². The number of methoxy groups -OCH3 is 1. The molecule has 0 atom stereocenters. The van der Waals surface area contributed by atoms with Gasteiger partial charge in [0.2, 0.25) is 0 Å². The highest BCUT2D eigenvalue weighted by Crippen LogP contribution is 2.24. The van der Waals surface area contributed by atoms with Crippen LogP contribution in [0, 0.1) is 0 Å². The van der Waals surface area contributed by atoms with Crippen molar-refractivity contribution in [2.24, 2.45) is 0 Å². The number of benzene rings is 2. The second-order valence-corrected chi connectivity index (χ2v) is 8.65. The minimum atomic E-state index is -0.728. The maximum Gasteiger partial charge on any atom is 0.415 e. The summed E-state index contributed by atoms with van der Waals surface area (Å²) in [7, 11) is 1.24. The van der Waals surface area contributed by atoms with Gasteiger partial charge < -0.3 is 14.2 Å². The van der Waals surface area contributed by atoms with Gasteiger partial charge in [-0.3, -0.25) is 24.2 Å². The molecule has 34 heavy (non-hydrogen) atoms. The molecule has 1 aliphatic heterocycles. The van der Waals surface area contributed by atoms with Gasteiger partial charge in [0.15, 0.2) is 0 Å². The van der Waals surface area contributed by atoms with Crippen LogP contribution < -0.4 is 9.64 Å². The van der Waals surface area contributed by atoms with E-state index in [-0.39, 0.29) is 31.5 Å². The average molecular weight is 469 g/mol. The second kappa shape index (κ2) is 10.4. The van der Waals surface area contributed by atoms with E-state index in [0.29, 0.717) is 29.0 Å². The first-order valence-electron chi connectivity index (χ1n) is 10.9. The van der Waals surface area contributed by atoms with Crippen LogP contribution in [0.1, 0.15) is 47.9 Å². The first-order chi connectivity index (χ1) is 16.1. The molecular formula is C25H28N2O7. The van der Waals surface area contributed by atoms with Crippen molar-refractivity contribution in [3.05, 3.63) is 59.7 Å². The summed E-state index contributed by atoms with van der Waals surface area (Å²) in [6, 6.07) is 13.3. The van der Waals surface area contributed by atoms with Crippen LogP contribution in [-0.2, 0) is 14.3 Å². The van der Waals surface area contributed by atoms with Crippen molar-refractivity contribution in [1.29, 1.82) is 0 Å². The van der Waals surface area contributed by atoms with E-state index in [4.69, 9.17) is 9.47 Å². The van der Waals surface area contributed by atoms with E-state index >= 15 is 0 Å². The third kappa shape index (κ3) is 5.92. The second-order valence-electron chi connectivity index (χ2n) is 8.65. The fraction of sp³-hybridized carbons (Fsp3) is 0.360. The summed E-state index contributed by atoms with van der Waals surface area (Å²) in [4.78, 5) is 51.6. The fourth-order valence-corrected chi connectivity index (χ4v) is 3.35. The summed E-state index contributed by atoms with van der Waals surface area (Å²) < 4.78 is 15.8. The third-order valence-corrected chi connectivity index (χ3v) is 4.95. The molecule has 3 amide bonds. The Kier molecular flexibility index (Phi) is 7.55. The SMILES string of the molecule is COC(=O)CN(C(=O)OC(C)(C)C)c1ccc(OCCCN2C(=O)c3ccccc3C2=O)cc1. The first kappa shape index (κ1) is 24.8. The van der Waals surface area contributed by atoms with Gasteiger partial charge in [-0.25, -0.2) is 4.79 Å². The lowest BCUT2D eigenvalue weighted by Crippen LogP contribution is -2.40. The predicted octanol–water partition coefficient (Wildman–Crippen LogP) is 3.67. The minimum absolute atomic E-state index is 0.246.